The second-order valence-corrected chi connectivity index (χ2v) is 6.43. The zero-order valence-electron chi connectivity index (χ0n) is 8.19. The Morgan fingerprint density at radius 1 is 1.00 bits per heavy atom. The molecule has 1 heterocycles. The molecule has 0 atom stereocenters. The lowest BCUT2D eigenvalue weighted by molar-refractivity contribution is 0.466. The monoisotopic (exact) mass is 210 g/mol. The minimum absolute atomic E-state index is 0.748. The first-order chi connectivity index (χ1) is 6.79. The summed E-state index contributed by atoms with van der Waals surface area (Å²) in [5, 5.41) is 0. The van der Waals surface area contributed by atoms with Gasteiger partial charge < -0.3 is 4.52 Å². The minimum atomic E-state index is -2.34. The van der Waals surface area contributed by atoms with Gasteiger partial charge in [-0.2, -0.15) is 0 Å². The minimum Gasteiger partial charge on any atom is -0.443 e. The smallest absolute Gasteiger partial charge is 0.247 e. The molecule has 0 aromatic heterocycles. The van der Waals surface area contributed by atoms with Gasteiger partial charge in [0, 0.05) is 12.3 Å². The summed E-state index contributed by atoms with van der Waals surface area (Å²) in [5.74, 6) is 0.748. The highest BCUT2D eigenvalue weighted by Crippen LogP contribution is 2.51. The van der Waals surface area contributed by atoms with Crippen molar-refractivity contribution in [2.45, 2.75) is 19.3 Å². The summed E-state index contributed by atoms with van der Waals surface area (Å²) in [7, 11) is -2.34. The van der Waals surface area contributed by atoms with Crippen LogP contribution in [-0.4, -0.2) is 12.3 Å². The van der Waals surface area contributed by atoms with Crippen molar-refractivity contribution in [3.8, 4) is 5.75 Å². The number of para-hydroxylation sites is 1. The molecular formula is C11H15O2P. The number of rotatable bonds is 2. The molecular weight excluding hydrogens is 195 g/mol. The maximum absolute atomic E-state index is 12.2. The van der Waals surface area contributed by atoms with E-state index in [0.29, 0.717) is 0 Å². The van der Waals surface area contributed by atoms with Gasteiger partial charge in [0.25, 0.3) is 0 Å². The summed E-state index contributed by atoms with van der Waals surface area (Å²) in [6, 6.07) is 9.49. The molecule has 3 heteroatoms. The van der Waals surface area contributed by atoms with Gasteiger partial charge in [0.05, 0.1) is 0 Å². The third-order valence-corrected chi connectivity index (χ3v) is 5.05. The van der Waals surface area contributed by atoms with Crippen molar-refractivity contribution >= 4 is 7.37 Å². The summed E-state index contributed by atoms with van der Waals surface area (Å²) < 4.78 is 17.8. The van der Waals surface area contributed by atoms with E-state index in [-0.39, 0.29) is 0 Å². The Balaban J connectivity index is 2.06. The van der Waals surface area contributed by atoms with Crippen molar-refractivity contribution in [1.82, 2.24) is 0 Å². The summed E-state index contributed by atoms with van der Waals surface area (Å²) in [4.78, 5) is 0. The van der Waals surface area contributed by atoms with E-state index in [9.17, 15) is 4.57 Å². The lowest BCUT2D eigenvalue weighted by atomic mass is 10.3. The fraction of sp³-hybridized carbons (Fsp3) is 0.455. The molecule has 1 fully saturated rings. The molecule has 1 aromatic carbocycles. The molecule has 2 rings (SSSR count). The van der Waals surface area contributed by atoms with Crippen molar-refractivity contribution in [1.29, 1.82) is 0 Å². The van der Waals surface area contributed by atoms with Gasteiger partial charge >= 0.3 is 0 Å². The SMILES string of the molecule is O=P1(Oc2ccccc2)CCCCC1. The van der Waals surface area contributed by atoms with E-state index in [1.54, 1.807) is 0 Å². The van der Waals surface area contributed by atoms with E-state index in [4.69, 9.17) is 4.52 Å². The van der Waals surface area contributed by atoms with Crippen LogP contribution >= 0.6 is 7.37 Å². The fourth-order valence-corrected chi connectivity index (χ4v) is 4.08. The van der Waals surface area contributed by atoms with Crippen LogP contribution < -0.4 is 4.52 Å². The van der Waals surface area contributed by atoms with Gasteiger partial charge in [-0.05, 0) is 25.0 Å². The molecule has 0 bridgehead atoms. The predicted octanol–water partition coefficient (Wildman–Crippen LogP) is 3.53. The fourth-order valence-electron chi connectivity index (χ4n) is 1.76. The van der Waals surface area contributed by atoms with Crippen LogP contribution in [0.1, 0.15) is 19.3 Å². The van der Waals surface area contributed by atoms with Crippen LogP contribution in [0.2, 0.25) is 0 Å². The lowest BCUT2D eigenvalue weighted by Gasteiger charge is -2.23. The zero-order valence-corrected chi connectivity index (χ0v) is 9.08. The summed E-state index contributed by atoms with van der Waals surface area (Å²) in [6.45, 7) is 0. The first-order valence-electron chi connectivity index (χ1n) is 5.11. The number of hydrogen-bond donors (Lipinski definition) is 0. The van der Waals surface area contributed by atoms with Crippen molar-refractivity contribution < 1.29 is 9.09 Å². The number of benzene rings is 1. The lowest BCUT2D eigenvalue weighted by Crippen LogP contribution is -2.07. The summed E-state index contributed by atoms with van der Waals surface area (Å²) >= 11 is 0. The van der Waals surface area contributed by atoms with Gasteiger partial charge in [-0.3, -0.25) is 4.57 Å². The van der Waals surface area contributed by atoms with E-state index in [0.717, 1.165) is 30.9 Å². The van der Waals surface area contributed by atoms with Gasteiger partial charge in [-0.15, -0.1) is 0 Å². The molecule has 1 saturated heterocycles. The highest BCUT2D eigenvalue weighted by molar-refractivity contribution is 7.59. The standard InChI is InChI=1S/C11H15O2P/c12-14(9-5-2-6-10-14)13-11-7-3-1-4-8-11/h1,3-4,7-8H,2,5-6,9-10H2. The Labute approximate surface area is 84.7 Å². The molecule has 76 valence electrons. The molecule has 1 aliphatic heterocycles. The van der Waals surface area contributed by atoms with E-state index in [2.05, 4.69) is 0 Å². The molecule has 2 nitrogen and oxygen atoms in total. The van der Waals surface area contributed by atoms with Gasteiger partial charge in [-0.25, -0.2) is 0 Å². The first-order valence-corrected chi connectivity index (χ1v) is 7.11. The van der Waals surface area contributed by atoms with Crippen LogP contribution in [-0.2, 0) is 4.57 Å². The molecule has 0 radical (unpaired) electrons. The van der Waals surface area contributed by atoms with Crippen molar-refractivity contribution in [2.24, 2.45) is 0 Å². The molecule has 1 aromatic rings. The second-order valence-electron chi connectivity index (χ2n) is 3.73. The first kappa shape index (κ1) is 9.79. The third-order valence-electron chi connectivity index (χ3n) is 2.51. The normalized spacial score (nSPS) is 20.3. The molecule has 14 heavy (non-hydrogen) atoms. The summed E-state index contributed by atoms with van der Waals surface area (Å²) in [5.41, 5.74) is 0. The Morgan fingerprint density at radius 3 is 2.29 bits per heavy atom. The maximum atomic E-state index is 12.2. The highest BCUT2D eigenvalue weighted by atomic mass is 31.2. The Kier molecular flexibility index (Phi) is 2.93. The molecule has 1 aliphatic rings. The van der Waals surface area contributed by atoms with Crippen LogP contribution in [0.15, 0.2) is 30.3 Å². The van der Waals surface area contributed by atoms with Gasteiger partial charge in [0.2, 0.25) is 7.37 Å². The quantitative estimate of drug-likeness (QED) is 0.698. The van der Waals surface area contributed by atoms with Crippen LogP contribution in [0.5, 0.6) is 5.75 Å². The molecule has 0 aliphatic carbocycles. The molecule has 0 spiro atoms. The van der Waals surface area contributed by atoms with Crippen LogP contribution in [0.4, 0.5) is 0 Å². The second kappa shape index (κ2) is 4.18. The van der Waals surface area contributed by atoms with Gasteiger partial charge in [-0.1, -0.05) is 24.6 Å². The van der Waals surface area contributed by atoms with E-state index in [1.165, 1.54) is 6.42 Å². The number of hydrogen-bond acceptors (Lipinski definition) is 2. The van der Waals surface area contributed by atoms with Gasteiger partial charge in [0.1, 0.15) is 5.75 Å². The van der Waals surface area contributed by atoms with Crippen LogP contribution in [0.25, 0.3) is 0 Å². The van der Waals surface area contributed by atoms with Crippen molar-refractivity contribution in [2.75, 3.05) is 12.3 Å². The van der Waals surface area contributed by atoms with E-state index < -0.39 is 7.37 Å². The van der Waals surface area contributed by atoms with Crippen molar-refractivity contribution in [3.05, 3.63) is 30.3 Å². The average Bonchev–Trinajstić information content (AvgIpc) is 2.19. The maximum Gasteiger partial charge on any atom is 0.247 e. The average molecular weight is 210 g/mol. The molecule has 0 amide bonds. The molecule has 0 N–H and O–H groups in total. The zero-order chi connectivity index (χ0) is 9.86. The van der Waals surface area contributed by atoms with Crippen LogP contribution in [0, 0.1) is 0 Å². The third kappa shape index (κ3) is 2.39. The Hall–Kier alpha value is -0.750. The van der Waals surface area contributed by atoms with E-state index in [1.807, 2.05) is 30.3 Å². The van der Waals surface area contributed by atoms with Crippen LogP contribution in [0.3, 0.4) is 0 Å². The molecule has 0 unspecified atom stereocenters. The van der Waals surface area contributed by atoms with E-state index >= 15 is 0 Å². The predicted molar refractivity (Wildman–Crippen MR) is 58.3 cm³/mol. The molecule has 0 saturated carbocycles. The Morgan fingerprint density at radius 2 is 1.64 bits per heavy atom. The summed E-state index contributed by atoms with van der Waals surface area (Å²) in [6.07, 6.45) is 4.79. The van der Waals surface area contributed by atoms with Crippen molar-refractivity contribution in [3.63, 3.8) is 0 Å². The largest absolute Gasteiger partial charge is 0.443 e. The highest BCUT2D eigenvalue weighted by Gasteiger charge is 2.26. The topological polar surface area (TPSA) is 26.3 Å². The van der Waals surface area contributed by atoms with Gasteiger partial charge in [0.15, 0.2) is 0 Å². The Bertz CT molecular complexity index is 324.